The van der Waals surface area contributed by atoms with Crippen LogP contribution >= 0.6 is 11.6 Å². The molecule has 4 rings (SSSR count). The number of rotatable bonds is 7. The molecule has 6 nitrogen and oxygen atoms in total. The van der Waals surface area contributed by atoms with Crippen LogP contribution in [-0.2, 0) is 11.3 Å². The van der Waals surface area contributed by atoms with Gasteiger partial charge in [0.2, 0.25) is 5.91 Å². The number of likely N-dealkylation sites (tertiary alicyclic amines) is 1. The minimum Gasteiger partial charge on any atom is -0.497 e. The lowest BCUT2D eigenvalue weighted by molar-refractivity contribution is -0.127. The van der Waals surface area contributed by atoms with Crippen LogP contribution < -0.4 is 10.1 Å². The number of amides is 1. The number of piperidine rings is 1. The molecule has 1 aliphatic rings. The van der Waals surface area contributed by atoms with E-state index in [2.05, 4.69) is 32.3 Å². The van der Waals surface area contributed by atoms with Crippen LogP contribution in [0.4, 0.5) is 0 Å². The van der Waals surface area contributed by atoms with Gasteiger partial charge < -0.3 is 10.1 Å². The molecule has 0 saturated carbocycles. The normalized spacial score (nSPS) is 15.8. The molecule has 0 aliphatic carbocycles. The number of carbonyl (C=O) groups excluding carboxylic acids is 1. The third-order valence-electron chi connectivity index (χ3n) is 5.87. The second-order valence-corrected chi connectivity index (χ2v) is 8.46. The molecule has 1 N–H and O–H groups in total. The van der Waals surface area contributed by atoms with Crippen molar-refractivity contribution in [2.45, 2.75) is 25.4 Å². The SMILES string of the molecule is COc1cccc(CN2CCC(C(=O)NC(c3ccc(Cl)cc3)c3cnccn3)CC2)c1. The summed E-state index contributed by atoms with van der Waals surface area (Å²) >= 11 is 6.05. The Labute approximate surface area is 193 Å². The Morgan fingerprint density at radius 1 is 1.19 bits per heavy atom. The highest BCUT2D eigenvalue weighted by atomic mass is 35.5. The maximum atomic E-state index is 13.2. The summed E-state index contributed by atoms with van der Waals surface area (Å²) in [6.45, 7) is 2.62. The molecule has 1 atom stereocenters. The lowest BCUT2D eigenvalue weighted by atomic mass is 9.94. The van der Waals surface area contributed by atoms with Gasteiger partial charge in [-0.25, -0.2) is 0 Å². The minimum absolute atomic E-state index is 0.0250. The van der Waals surface area contributed by atoms with Crippen LogP contribution in [0.15, 0.2) is 67.1 Å². The quantitative estimate of drug-likeness (QED) is 0.582. The van der Waals surface area contributed by atoms with Crippen molar-refractivity contribution in [1.29, 1.82) is 0 Å². The predicted molar refractivity (Wildman–Crippen MR) is 124 cm³/mol. The van der Waals surface area contributed by atoms with E-state index in [1.807, 2.05) is 36.4 Å². The fraction of sp³-hybridized carbons (Fsp3) is 0.320. The topological polar surface area (TPSA) is 67.3 Å². The number of carbonyl (C=O) groups is 1. The summed E-state index contributed by atoms with van der Waals surface area (Å²) < 4.78 is 5.32. The average molecular weight is 451 g/mol. The van der Waals surface area contributed by atoms with Gasteiger partial charge in [-0.1, -0.05) is 35.9 Å². The minimum atomic E-state index is -0.358. The maximum absolute atomic E-state index is 13.2. The number of hydrogen-bond acceptors (Lipinski definition) is 5. The van der Waals surface area contributed by atoms with Crippen molar-refractivity contribution in [2.24, 2.45) is 5.92 Å². The van der Waals surface area contributed by atoms with Gasteiger partial charge in [-0.2, -0.15) is 0 Å². The molecule has 2 aromatic carbocycles. The van der Waals surface area contributed by atoms with E-state index in [1.54, 1.807) is 25.7 Å². The molecule has 0 radical (unpaired) electrons. The summed E-state index contributed by atoms with van der Waals surface area (Å²) in [7, 11) is 1.68. The van der Waals surface area contributed by atoms with E-state index >= 15 is 0 Å². The molecule has 1 fully saturated rings. The van der Waals surface area contributed by atoms with E-state index in [9.17, 15) is 4.79 Å². The van der Waals surface area contributed by atoms with Crippen molar-refractivity contribution in [3.05, 3.63) is 89.0 Å². The Hall–Kier alpha value is -2.96. The van der Waals surface area contributed by atoms with Gasteiger partial charge in [-0.3, -0.25) is 19.7 Å². The molecular formula is C25H27ClN4O2. The zero-order chi connectivity index (χ0) is 22.3. The van der Waals surface area contributed by atoms with E-state index < -0.39 is 0 Å². The first-order valence-electron chi connectivity index (χ1n) is 10.8. The van der Waals surface area contributed by atoms with E-state index in [-0.39, 0.29) is 17.9 Å². The molecule has 32 heavy (non-hydrogen) atoms. The number of aromatic nitrogens is 2. The maximum Gasteiger partial charge on any atom is 0.224 e. The number of benzene rings is 2. The Morgan fingerprint density at radius 2 is 1.97 bits per heavy atom. The van der Waals surface area contributed by atoms with Gasteiger partial charge in [-0.05, 0) is 61.3 Å². The van der Waals surface area contributed by atoms with Crippen LogP contribution in [0.25, 0.3) is 0 Å². The summed E-state index contributed by atoms with van der Waals surface area (Å²) in [6.07, 6.45) is 6.60. The lowest BCUT2D eigenvalue weighted by Gasteiger charge is -2.32. The largest absolute Gasteiger partial charge is 0.497 e. The van der Waals surface area contributed by atoms with Gasteiger partial charge >= 0.3 is 0 Å². The molecule has 1 unspecified atom stereocenters. The van der Waals surface area contributed by atoms with Crippen LogP contribution in [0.1, 0.15) is 35.7 Å². The Kier molecular flexibility index (Phi) is 7.35. The van der Waals surface area contributed by atoms with E-state index in [0.29, 0.717) is 10.7 Å². The summed E-state index contributed by atoms with van der Waals surface area (Å²) in [5.74, 6) is 0.897. The number of nitrogens with one attached hydrogen (secondary N) is 1. The molecule has 166 valence electrons. The average Bonchev–Trinajstić information content (AvgIpc) is 2.84. The highest BCUT2D eigenvalue weighted by Gasteiger charge is 2.28. The summed E-state index contributed by atoms with van der Waals surface area (Å²) in [5.41, 5.74) is 2.86. The standard InChI is InChI=1S/C25H27ClN4O2/c1-32-22-4-2-3-18(15-22)17-30-13-9-20(10-14-30)25(31)29-24(23-16-27-11-12-28-23)19-5-7-21(26)8-6-19/h2-8,11-12,15-16,20,24H,9-10,13-14,17H2,1H3,(H,29,31). The fourth-order valence-electron chi connectivity index (χ4n) is 4.09. The highest BCUT2D eigenvalue weighted by Crippen LogP contribution is 2.25. The van der Waals surface area contributed by atoms with Crippen LogP contribution in [-0.4, -0.2) is 41.0 Å². The summed E-state index contributed by atoms with van der Waals surface area (Å²) in [5, 5.41) is 3.85. The van der Waals surface area contributed by atoms with Crippen LogP contribution in [0.2, 0.25) is 5.02 Å². The van der Waals surface area contributed by atoms with Crippen LogP contribution in [0.3, 0.4) is 0 Å². The van der Waals surface area contributed by atoms with Crippen LogP contribution in [0, 0.1) is 5.92 Å². The zero-order valence-corrected chi connectivity index (χ0v) is 18.8. The molecule has 1 aliphatic heterocycles. The summed E-state index contributed by atoms with van der Waals surface area (Å²) in [4.78, 5) is 24.1. The number of methoxy groups -OCH3 is 1. The Balaban J connectivity index is 1.38. The van der Waals surface area contributed by atoms with Crippen molar-refractivity contribution in [1.82, 2.24) is 20.2 Å². The van der Waals surface area contributed by atoms with Crippen molar-refractivity contribution in [3.8, 4) is 5.75 Å². The van der Waals surface area contributed by atoms with Gasteiger partial charge in [0.05, 0.1) is 25.0 Å². The number of nitrogens with zero attached hydrogens (tertiary/aromatic N) is 3. The molecule has 1 amide bonds. The molecule has 1 saturated heterocycles. The molecule has 1 aromatic heterocycles. The van der Waals surface area contributed by atoms with E-state index in [4.69, 9.17) is 16.3 Å². The van der Waals surface area contributed by atoms with E-state index in [1.165, 1.54) is 5.56 Å². The van der Waals surface area contributed by atoms with Crippen molar-refractivity contribution in [2.75, 3.05) is 20.2 Å². The van der Waals surface area contributed by atoms with Crippen molar-refractivity contribution in [3.63, 3.8) is 0 Å². The lowest BCUT2D eigenvalue weighted by Crippen LogP contribution is -2.41. The van der Waals surface area contributed by atoms with Gasteiger partial charge in [0.15, 0.2) is 0 Å². The predicted octanol–water partition coefficient (Wildman–Crippen LogP) is 4.26. The van der Waals surface area contributed by atoms with Crippen molar-refractivity contribution < 1.29 is 9.53 Å². The smallest absolute Gasteiger partial charge is 0.224 e. The first-order chi connectivity index (χ1) is 15.6. The third kappa shape index (κ3) is 5.64. The zero-order valence-electron chi connectivity index (χ0n) is 18.1. The number of hydrogen-bond donors (Lipinski definition) is 1. The second kappa shape index (κ2) is 10.6. The third-order valence-corrected chi connectivity index (χ3v) is 6.12. The van der Waals surface area contributed by atoms with Crippen molar-refractivity contribution >= 4 is 17.5 Å². The van der Waals surface area contributed by atoms with Gasteiger partial charge in [0.1, 0.15) is 5.75 Å². The summed E-state index contributed by atoms with van der Waals surface area (Å²) in [6, 6.07) is 15.3. The Morgan fingerprint density at radius 3 is 2.66 bits per heavy atom. The first-order valence-corrected chi connectivity index (χ1v) is 11.2. The van der Waals surface area contributed by atoms with Gasteiger partial charge in [-0.15, -0.1) is 0 Å². The Bertz CT molecular complexity index is 1020. The van der Waals surface area contributed by atoms with E-state index in [0.717, 1.165) is 43.8 Å². The highest BCUT2D eigenvalue weighted by molar-refractivity contribution is 6.30. The van der Waals surface area contributed by atoms with Crippen LogP contribution in [0.5, 0.6) is 5.75 Å². The second-order valence-electron chi connectivity index (χ2n) is 8.03. The molecular weight excluding hydrogens is 424 g/mol. The first kappa shape index (κ1) is 22.2. The van der Waals surface area contributed by atoms with Gasteiger partial charge in [0.25, 0.3) is 0 Å². The number of halogens is 1. The monoisotopic (exact) mass is 450 g/mol. The fourth-order valence-corrected chi connectivity index (χ4v) is 4.21. The number of ether oxygens (including phenoxy) is 1. The molecule has 7 heteroatoms. The molecule has 0 spiro atoms. The molecule has 0 bridgehead atoms. The molecule has 3 aromatic rings. The van der Waals surface area contributed by atoms with Gasteiger partial charge in [0, 0.05) is 29.9 Å². The molecule has 2 heterocycles.